The summed E-state index contributed by atoms with van der Waals surface area (Å²) >= 11 is 0. The number of benzene rings is 1. The van der Waals surface area contributed by atoms with E-state index in [4.69, 9.17) is 9.47 Å². The van der Waals surface area contributed by atoms with Gasteiger partial charge in [0.2, 0.25) is 11.8 Å². The number of nitrogens with zero attached hydrogens (tertiary/aromatic N) is 2. The van der Waals surface area contributed by atoms with Crippen molar-refractivity contribution in [1.29, 1.82) is 0 Å². The van der Waals surface area contributed by atoms with Crippen LogP contribution in [0.5, 0.6) is 0 Å². The zero-order chi connectivity index (χ0) is 26.3. The molecule has 1 spiro atoms. The summed E-state index contributed by atoms with van der Waals surface area (Å²) in [6, 6.07) is 8.09. The third-order valence-corrected chi connectivity index (χ3v) is 8.18. The van der Waals surface area contributed by atoms with Crippen molar-refractivity contribution in [3.8, 4) is 0 Å². The first-order valence-electron chi connectivity index (χ1n) is 12.9. The second-order valence-electron chi connectivity index (χ2n) is 10.7. The molecule has 0 radical (unpaired) electrons. The van der Waals surface area contributed by atoms with Gasteiger partial charge in [-0.3, -0.25) is 14.4 Å². The molecule has 0 saturated carbocycles. The first-order valence-corrected chi connectivity index (χ1v) is 12.9. The minimum absolute atomic E-state index is 0.111. The molecule has 2 bridgehead atoms. The summed E-state index contributed by atoms with van der Waals surface area (Å²) in [6.45, 7) is 11.8. The second kappa shape index (κ2) is 9.98. The Kier molecular flexibility index (Phi) is 7.30. The fourth-order valence-electron chi connectivity index (χ4n) is 6.58. The van der Waals surface area contributed by atoms with Gasteiger partial charge in [0.1, 0.15) is 17.6 Å². The van der Waals surface area contributed by atoms with Crippen LogP contribution in [0.25, 0.3) is 0 Å². The van der Waals surface area contributed by atoms with E-state index < -0.39 is 41.1 Å². The molecule has 0 aliphatic carbocycles. The number of aliphatic hydroxyl groups excluding tert-OH is 1. The Balaban J connectivity index is 1.80. The molecular weight excluding hydrogens is 460 g/mol. The van der Waals surface area contributed by atoms with Crippen LogP contribution in [0.1, 0.15) is 46.1 Å². The predicted octanol–water partition coefficient (Wildman–Crippen LogP) is 2.55. The third kappa shape index (κ3) is 4.04. The summed E-state index contributed by atoms with van der Waals surface area (Å²) in [5.74, 6) is -2.79. The van der Waals surface area contributed by atoms with E-state index in [0.29, 0.717) is 19.4 Å². The molecule has 1 N–H and O–H groups in total. The summed E-state index contributed by atoms with van der Waals surface area (Å²) in [5.41, 5.74) is -1.08. The Morgan fingerprint density at radius 3 is 2.58 bits per heavy atom. The number of amides is 2. The summed E-state index contributed by atoms with van der Waals surface area (Å²) in [5, 5.41) is 10.3. The van der Waals surface area contributed by atoms with Gasteiger partial charge >= 0.3 is 5.97 Å². The standard InChI is InChI=1S/C28H38N2O6/c1-6-15-29(16-19-11-9-8-10-12-19)25(33)23-28-14-13-27(5,36-28)22(26(34)35-7-2)21(28)24(32)30(23)20(17-31)18(3)4/h6,8-12,18,20-23,31H,1,7,13-17H2,2-5H3/t20-,21-,22-,23?,27+,28?/m0/s1. The van der Waals surface area contributed by atoms with Gasteiger partial charge < -0.3 is 24.4 Å². The SMILES string of the molecule is C=CCN(Cc1ccccc1)C(=O)C1N([C@@H](CO)C(C)C)C(=O)[C@@H]2[C@@H](C(=O)OCC)[C@@]3(C)CCC12O3. The number of likely N-dealkylation sites (tertiary alicyclic amines) is 1. The Labute approximate surface area is 213 Å². The molecule has 1 aromatic rings. The van der Waals surface area contributed by atoms with E-state index in [1.807, 2.05) is 51.1 Å². The van der Waals surface area contributed by atoms with Crippen molar-refractivity contribution < 1.29 is 29.0 Å². The number of ether oxygens (including phenoxy) is 2. The third-order valence-electron chi connectivity index (χ3n) is 8.18. The number of rotatable bonds is 10. The lowest BCUT2D eigenvalue weighted by atomic mass is 9.66. The highest BCUT2D eigenvalue weighted by molar-refractivity contribution is 5.98. The monoisotopic (exact) mass is 498 g/mol. The van der Waals surface area contributed by atoms with Crippen molar-refractivity contribution in [3.05, 3.63) is 48.6 Å². The molecule has 3 aliphatic heterocycles. The van der Waals surface area contributed by atoms with E-state index in [9.17, 15) is 19.5 Å². The maximum atomic E-state index is 14.4. The Morgan fingerprint density at radius 1 is 1.31 bits per heavy atom. The van der Waals surface area contributed by atoms with Gasteiger partial charge in [0.15, 0.2) is 0 Å². The fraction of sp³-hybridized carbons (Fsp3) is 0.607. The Hall–Kier alpha value is -2.71. The zero-order valence-corrected chi connectivity index (χ0v) is 21.7. The minimum atomic E-state index is -1.15. The number of fused-ring (bicyclic) bond motifs is 1. The van der Waals surface area contributed by atoms with Crippen LogP contribution >= 0.6 is 0 Å². The smallest absolute Gasteiger partial charge is 0.312 e. The largest absolute Gasteiger partial charge is 0.466 e. The average molecular weight is 499 g/mol. The molecule has 36 heavy (non-hydrogen) atoms. The van der Waals surface area contributed by atoms with Crippen LogP contribution in [0.4, 0.5) is 0 Å². The number of carbonyl (C=O) groups excluding carboxylic acids is 3. The molecule has 2 unspecified atom stereocenters. The highest BCUT2D eigenvalue weighted by atomic mass is 16.6. The fourth-order valence-corrected chi connectivity index (χ4v) is 6.58. The van der Waals surface area contributed by atoms with Crippen LogP contribution < -0.4 is 0 Å². The highest BCUT2D eigenvalue weighted by Crippen LogP contribution is 2.63. The number of hydrogen-bond donors (Lipinski definition) is 1. The molecule has 4 rings (SSSR count). The lowest BCUT2D eigenvalue weighted by Crippen LogP contribution is -2.59. The number of aliphatic hydroxyl groups is 1. The van der Waals surface area contributed by atoms with Gasteiger partial charge in [-0.05, 0) is 38.2 Å². The predicted molar refractivity (Wildman–Crippen MR) is 133 cm³/mol. The summed E-state index contributed by atoms with van der Waals surface area (Å²) in [4.78, 5) is 44.8. The van der Waals surface area contributed by atoms with Crippen molar-refractivity contribution in [2.75, 3.05) is 19.8 Å². The first-order chi connectivity index (χ1) is 17.1. The van der Waals surface area contributed by atoms with Gasteiger partial charge in [-0.2, -0.15) is 0 Å². The van der Waals surface area contributed by atoms with Crippen molar-refractivity contribution in [2.24, 2.45) is 17.8 Å². The van der Waals surface area contributed by atoms with Gasteiger partial charge in [0.25, 0.3) is 0 Å². The summed E-state index contributed by atoms with van der Waals surface area (Å²) < 4.78 is 12.0. The van der Waals surface area contributed by atoms with Gasteiger partial charge in [-0.25, -0.2) is 0 Å². The molecule has 2 amide bonds. The molecular formula is C28H38N2O6. The van der Waals surface area contributed by atoms with Crippen molar-refractivity contribution in [1.82, 2.24) is 9.80 Å². The molecule has 3 aliphatic rings. The first kappa shape index (κ1) is 26.4. The Bertz CT molecular complexity index is 1010. The van der Waals surface area contributed by atoms with Crippen molar-refractivity contribution in [2.45, 2.75) is 70.4 Å². The number of hydrogen-bond acceptors (Lipinski definition) is 6. The summed E-state index contributed by atoms with van der Waals surface area (Å²) in [7, 11) is 0. The average Bonchev–Trinajstić information content (AvgIpc) is 3.41. The van der Waals surface area contributed by atoms with Crippen LogP contribution in [-0.2, 0) is 30.4 Å². The quantitative estimate of drug-likeness (QED) is 0.393. The van der Waals surface area contributed by atoms with E-state index >= 15 is 0 Å². The highest BCUT2D eigenvalue weighted by Gasteiger charge is 2.79. The normalized spacial score (nSPS) is 31.4. The molecule has 8 nitrogen and oxygen atoms in total. The molecule has 6 atom stereocenters. The molecule has 3 fully saturated rings. The lowest BCUT2D eigenvalue weighted by molar-refractivity contribution is -0.162. The van der Waals surface area contributed by atoms with E-state index in [-0.39, 0.29) is 37.5 Å². The number of carbonyl (C=O) groups is 3. The van der Waals surface area contributed by atoms with Crippen LogP contribution in [0.15, 0.2) is 43.0 Å². The second-order valence-corrected chi connectivity index (χ2v) is 10.7. The van der Waals surface area contributed by atoms with Gasteiger partial charge in [-0.1, -0.05) is 50.3 Å². The Morgan fingerprint density at radius 2 is 2.00 bits per heavy atom. The maximum Gasteiger partial charge on any atom is 0.312 e. The summed E-state index contributed by atoms with van der Waals surface area (Å²) in [6.07, 6.45) is 2.69. The van der Waals surface area contributed by atoms with Gasteiger partial charge in [0.05, 0.1) is 30.8 Å². The van der Waals surface area contributed by atoms with Crippen molar-refractivity contribution >= 4 is 17.8 Å². The van der Waals surface area contributed by atoms with E-state index in [1.54, 1.807) is 17.9 Å². The van der Waals surface area contributed by atoms with Crippen LogP contribution in [0.2, 0.25) is 0 Å². The molecule has 3 saturated heterocycles. The lowest BCUT2D eigenvalue weighted by Gasteiger charge is -2.40. The molecule has 196 valence electrons. The minimum Gasteiger partial charge on any atom is -0.466 e. The van der Waals surface area contributed by atoms with Crippen LogP contribution in [0.3, 0.4) is 0 Å². The molecule has 3 heterocycles. The zero-order valence-electron chi connectivity index (χ0n) is 21.7. The van der Waals surface area contributed by atoms with Gasteiger partial charge in [0, 0.05) is 13.1 Å². The number of esters is 1. The van der Waals surface area contributed by atoms with Crippen LogP contribution in [-0.4, -0.2) is 75.7 Å². The van der Waals surface area contributed by atoms with Crippen molar-refractivity contribution in [3.63, 3.8) is 0 Å². The molecule has 1 aromatic carbocycles. The molecule has 8 heteroatoms. The maximum absolute atomic E-state index is 14.4. The molecule has 0 aromatic heterocycles. The van der Waals surface area contributed by atoms with E-state index in [1.165, 1.54) is 4.90 Å². The van der Waals surface area contributed by atoms with E-state index in [2.05, 4.69) is 6.58 Å². The van der Waals surface area contributed by atoms with E-state index in [0.717, 1.165) is 5.56 Å². The topological polar surface area (TPSA) is 96.4 Å². The van der Waals surface area contributed by atoms with Crippen LogP contribution in [0, 0.1) is 17.8 Å². The van der Waals surface area contributed by atoms with Gasteiger partial charge in [-0.15, -0.1) is 6.58 Å².